The molecule has 2 aliphatic carbocycles. The van der Waals surface area contributed by atoms with Crippen molar-refractivity contribution in [3.63, 3.8) is 0 Å². The summed E-state index contributed by atoms with van der Waals surface area (Å²) in [5.74, 6) is -0.480. The largest absolute Gasteiger partial charge is 0.478 e. The molecular formula is C19H20N2O4. The quantitative estimate of drug-likeness (QED) is 0.491. The Morgan fingerprint density at radius 3 is 2.76 bits per heavy atom. The molecule has 1 aromatic carbocycles. The maximum Gasteiger partial charge on any atom is 0.337 e. The van der Waals surface area contributed by atoms with E-state index in [9.17, 15) is 20.0 Å². The summed E-state index contributed by atoms with van der Waals surface area (Å²) in [5, 5.41) is 24.5. The highest BCUT2D eigenvalue weighted by atomic mass is 16.6. The van der Waals surface area contributed by atoms with Crippen molar-refractivity contribution >= 4 is 17.3 Å². The number of fused-ring (bicyclic) bond motifs is 3. The topological polar surface area (TPSA) is 92.5 Å². The lowest BCUT2D eigenvalue weighted by atomic mass is 9.71. The average molecular weight is 340 g/mol. The second-order valence-corrected chi connectivity index (χ2v) is 7.05. The van der Waals surface area contributed by atoms with Crippen molar-refractivity contribution < 1.29 is 14.8 Å². The van der Waals surface area contributed by atoms with Crippen LogP contribution in [0, 0.1) is 22.0 Å². The highest BCUT2D eigenvalue weighted by molar-refractivity contribution is 5.97. The molecule has 4 atom stereocenters. The van der Waals surface area contributed by atoms with E-state index in [1.807, 2.05) is 6.08 Å². The standard InChI is InChI=1S/C19H20N2O4/c22-19(23)14-9-10-15(21(24)25)16-12-7-4-8-13(12)17(20-18(14)16)11-5-2-1-3-6-11/h1-2,4,7,9-13,17,20H,3,5-6,8H2,(H,22,23)/t11-,12-,13-,17-/m1/s1. The fourth-order valence-electron chi connectivity index (χ4n) is 4.68. The number of rotatable bonds is 3. The van der Waals surface area contributed by atoms with E-state index in [4.69, 9.17) is 0 Å². The first kappa shape index (κ1) is 15.9. The van der Waals surface area contributed by atoms with Crippen molar-refractivity contribution in [2.75, 3.05) is 5.32 Å². The number of aromatic carboxylic acids is 1. The van der Waals surface area contributed by atoms with Gasteiger partial charge in [0.25, 0.3) is 5.69 Å². The van der Waals surface area contributed by atoms with Gasteiger partial charge in [-0.2, -0.15) is 0 Å². The number of anilines is 1. The van der Waals surface area contributed by atoms with E-state index in [-0.39, 0.29) is 29.1 Å². The molecule has 0 fully saturated rings. The highest BCUT2D eigenvalue weighted by Crippen LogP contribution is 2.51. The van der Waals surface area contributed by atoms with Crippen molar-refractivity contribution in [1.82, 2.24) is 0 Å². The van der Waals surface area contributed by atoms with Gasteiger partial charge in [-0.25, -0.2) is 4.79 Å². The molecule has 130 valence electrons. The first-order valence-corrected chi connectivity index (χ1v) is 8.70. The summed E-state index contributed by atoms with van der Waals surface area (Å²) in [6.07, 6.45) is 12.4. The van der Waals surface area contributed by atoms with Crippen molar-refractivity contribution in [1.29, 1.82) is 0 Å². The number of carboxylic acid groups (broad SMARTS) is 1. The van der Waals surface area contributed by atoms with Crippen LogP contribution >= 0.6 is 0 Å². The zero-order valence-corrected chi connectivity index (χ0v) is 13.7. The van der Waals surface area contributed by atoms with Gasteiger partial charge in [-0.05, 0) is 43.6 Å². The van der Waals surface area contributed by atoms with Crippen LogP contribution in [-0.2, 0) is 0 Å². The normalized spacial score (nSPS) is 29.6. The van der Waals surface area contributed by atoms with Crippen LogP contribution in [0.2, 0.25) is 0 Å². The van der Waals surface area contributed by atoms with E-state index in [1.165, 1.54) is 12.1 Å². The second-order valence-electron chi connectivity index (χ2n) is 7.05. The Morgan fingerprint density at radius 2 is 2.08 bits per heavy atom. The third-order valence-electron chi connectivity index (χ3n) is 5.79. The van der Waals surface area contributed by atoms with Crippen LogP contribution in [-0.4, -0.2) is 22.0 Å². The summed E-state index contributed by atoms with van der Waals surface area (Å²) >= 11 is 0. The van der Waals surface area contributed by atoms with Gasteiger partial charge in [-0.1, -0.05) is 24.3 Å². The molecule has 3 aliphatic rings. The summed E-state index contributed by atoms with van der Waals surface area (Å²) in [6, 6.07) is 2.82. The summed E-state index contributed by atoms with van der Waals surface area (Å²) in [4.78, 5) is 22.8. The minimum atomic E-state index is -1.05. The summed E-state index contributed by atoms with van der Waals surface area (Å²) in [5.41, 5.74) is 1.10. The summed E-state index contributed by atoms with van der Waals surface area (Å²) < 4.78 is 0. The molecule has 0 amide bonds. The molecule has 6 heteroatoms. The van der Waals surface area contributed by atoms with Crippen molar-refractivity contribution in [3.8, 4) is 0 Å². The maximum absolute atomic E-state index is 11.7. The maximum atomic E-state index is 11.7. The van der Waals surface area contributed by atoms with Gasteiger partial charge in [0, 0.05) is 18.0 Å². The van der Waals surface area contributed by atoms with Crippen LogP contribution in [0.5, 0.6) is 0 Å². The van der Waals surface area contributed by atoms with Gasteiger partial charge in [-0.15, -0.1) is 0 Å². The predicted molar refractivity (Wildman–Crippen MR) is 93.9 cm³/mol. The molecule has 25 heavy (non-hydrogen) atoms. The predicted octanol–water partition coefficient (Wildman–Crippen LogP) is 4.10. The zero-order chi connectivity index (χ0) is 17.6. The Morgan fingerprint density at radius 1 is 1.24 bits per heavy atom. The summed E-state index contributed by atoms with van der Waals surface area (Å²) in [7, 11) is 0. The van der Waals surface area contributed by atoms with Crippen LogP contribution in [0.1, 0.15) is 47.5 Å². The third kappa shape index (κ3) is 2.52. The lowest BCUT2D eigenvalue weighted by Crippen LogP contribution is -2.42. The number of carboxylic acids is 1. The molecule has 0 spiro atoms. The molecule has 2 N–H and O–H groups in total. The van der Waals surface area contributed by atoms with Crippen LogP contribution < -0.4 is 5.32 Å². The Hall–Kier alpha value is -2.63. The number of nitrogens with one attached hydrogen (secondary N) is 1. The number of benzene rings is 1. The van der Waals surface area contributed by atoms with E-state index in [1.54, 1.807) is 0 Å². The molecule has 4 rings (SSSR count). The minimum absolute atomic E-state index is 0.0102. The molecule has 0 saturated heterocycles. The number of hydrogen-bond acceptors (Lipinski definition) is 4. The van der Waals surface area contributed by atoms with Gasteiger partial charge in [0.1, 0.15) is 0 Å². The average Bonchev–Trinajstić information content (AvgIpc) is 3.10. The van der Waals surface area contributed by atoms with Crippen molar-refractivity contribution in [2.45, 2.75) is 37.6 Å². The van der Waals surface area contributed by atoms with Gasteiger partial charge in [-0.3, -0.25) is 10.1 Å². The number of hydrogen-bond donors (Lipinski definition) is 2. The molecule has 1 heterocycles. The number of nitro groups is 1. The number of nitrogens with zero attached hydrogens (tertiary/aromatic N) is 1. The molecule has 0 radical (unpaired) electrons. The van der Waals surface area contributed by atoms with E-state index in [2.05, 4.69) is 23.5 Å². The van der Waals surface area contributed by atoms with Crippen LogP contribution in [0.4, 0.5) is 11.4 Å². The van der Waals surface area contributed by atoms with Gasteiger partial charge >= 0.3 is 5.97 Å². The zero-order valence-electron chi connectivity index (χ0n) is 13.7. The number of nitro benzene ring substituents is 1. The van der Waals surface area contributed by atoms with Gasteiger partial charge in [0.15, 0.2) is 0 Å². The van der Waals surface area contributed by atoms with Crippen molar-refractivity contribution in [2.24, 2.45) is 11.8 Å². The Balaban J connectivity index is 1.85. The van der Waals surface area contributed by atoms with E-state index >= 15 is 0 Å². The fourth-order valence-corrected chi connectivity index (χ4v) is 4.68. The van der Waals surface area contributed by atoms with E-state index in [0.717, 1.165) is 25.7 Å². The van der Waals surface area contributed by atoms with E-state index in [0.29, 0.717) is 17.2 Å². The SMILES string of the molecule is O=C(O)c1ccc([N+](=O)[O-])c2c1N[C@H]([C@@H]1CC=CCC1)[C@@H]1CC=C[C@@H]21. The third-order valence-corrected chi connectivity index (χ3v) is 5.79. The van der Waals surface area contributed by atoms with Crippen LogP contribution in [0.15, 0.2) is 36.4 Å². The molecule has 0 bridgehead atoms. The summed E-state index contributed by atoms with van der Waals surface area (Å²) in [6.45, 7) is 0. The fraction of sp³-hybridized carbons (Fsp3) is 0.421. The first-order chi connectivity index (χ1) is 12.1. The van der Waals surface area contributed by atoms with Gasteiger partial charge < -0.3 is 10.4 Å². The smallest absolute Gasteiger partial charge is 0.337 e. The molecule has 1 aromatic rings. The van der Waals surface area contributed by atoms with E-state index < -0.39 is 10.9 Å². The lowest BCUT2D eigenvalue weighted by Gasteiger charge is -2.42. The molecular weight excluding hydrogens is 320 g/mol. The molecule has 0 aromatic heterocycles. The van der Waals surface area contributed by atoms with Gasteiger partial charge in [0.2, 0.25) is 0 Å². The first-order valence-electron chi connectivity index (χ1n) is 8.70. The Kier molecular flexibility index (Phi) is 3.82. The van der Waals surface area contributed by atoms with Crippen molar-refractivity contribution in [3.05, 3.63) is 57.7 Å². The number of allylic oxidation sites excluding steroid dienone is 4. The molecule has 1 aliphatic heterocycles. The van der Waals surface area contributed by atoms with Crippen LogP contribution in [0.25, 0.3) is 0 Å². The van der Waals surface area contributed by atoms with Gasteiger partial charge in [0.05, 0.1) is 21.7 Å². The minimum Gasteiger partial charge on any atom is -0.478 e. The second kappa shape index (κ2) is 6.02. The number of carbonyl (C=O) groups is 1. The Labute approximate surface area is 145 Å². The molecule has 0 unspecified atom stereocenters. The molecule has 0 saturated carbocycles. The molecule has 6 nitrogen and oxygen atoms in total. The monoisotopic (exact) mass is 340 g/mol. The Bertz CT molecular complexity index is 799. The van der Waals surface area contributed by atoms with Crippen LogP contribution in [0.3, 0.4) is 0 Å². The highest BCUT2D eigenvalue weighted by Gasteiger charge is 2.44. The lowest BCUT2D eigenvalue weighted by molar-refractivity contribution is -0.385.